The van der Waals surface area contributed by atoms with Crippen LogP contribution < -0.4 is 10.6 Å². The molecule has 4 amide bonds. The molecule has 2 aromatic rings. The van der Waals surface area contributed by atoms with Crippen molar-refractivity contribution in [3.05, 3.63) is 71.3 Å². The Balaban J connectivity index is 1.46. The molecule has 134 valence electrons. The Bertz CT molecular complexity index is 772. The zero-order chi connectivity index (χ0) is 18.4. The maximum atomic E-state index is 12.2. The molecule has 0 unspecified atom stereocenters. The number of carbonyl (C=O) groups is 3. The van der Waals surface area contributed by atoms with Crippen LogP contribution in [-0.4, -0.2) is 35.8 Å². The molecule has 26 heavy (non-hydrogen) atoms. The first-order chi connectivity index (χ1) is 12.6. The second kappa shape index (κ2) is 8.29. The smallest absolute Gasteiger partial charge is 0.324 e. The zero-order valence-electron chi connectivity index (χ0n) is 14.4. The average Bonchev–Trinajstić information content (AvgIpc) is 2.98. The lowest BCUT2D eigenvalue weighted by molar-refractivity contribution is -0.125. The van der Waals surface area contributed by atoms with E-state index in [1.807, 2.05) is 18.2 Å². The van der Waals surface area contributed by atoms with E-state index in [0.29, 0.717) is 12.1 Å². The molecule has 6 nitrogen and oxygen atoms in total. The normalized spacial score (nSPS) is 13.6. The topological polar surface area (TPSA) is 78.5 Å². The van der Waals surface area contributed by atoms with E-state index >= 15 is 0 Å². The van der Waals surface area contributed by atoms with Gasteiger partial charge in [-0.2, -0.15) is 0 Å². The van der Waals surface area contributed by atoms with Crippen molar-refractivity contribution in [2.24, 2.45) is 0 Å². The van der Waals surface area contributed by atoms with Gasteiger partial charge in [-0.1, -0.05) is 42.5 Å². The minimum atomic E-state index is -0.379. The summed E-state index contributed by atoms with van der Waals surface area (Å²) in [5.41, 5.74) is 2.62. The molecule has 0 spiro atoms. The second-order valence-corrected chi connectivity index (χ2v) is 6.18. The van der Waals surface area contributed by atoms with Crippen molar-refractivity contribution in [2.75, 3.05) is 13.1 Å². The predicted octanol–water partition coefficient (Wildman–Crippen LogP) is 2.10. The van der Waals surface area contributed by atoms with Crippen molar-refractivity contribution in [1.82, 2.24) is 15.5 Å². The SMILES string of the molecule is O=C(NCCCc1ccccc1)c1ccc(CN2C(=O)CNC2=O)cc1. The van der Waals surface area contributed by atoms with Crippen LogP contribution in [0, 0.1) is 0 Å². The van der Waals surface area contributed by atoms with Crippen molar-refractivity contribution in [1.29, 1.82) is 0 Å². The van der Waals surface area contributed by atoms with Gasteiger partial charge >= 0.3 is 6.03 Å². The van der Waals surface area contributed by atoms with Gasteiger partial charge in [0.15, 0.2) is 0 Å². The lowest BCUT2D eigenvalue weighted by atomic mass is 10.1. The number of urea groups is 1. The minimum Gasteiger partial charge on any atom is -0.352 e. The highest BCUT2D eigenvalue weighted by Crippen LogP contribution is 2.10. The minimum absolute atomic E-state index is 0.0440. The Hall–Kier alpha value is -3.15. The van der Waals surface area contributed by atoms with Crippen LogP contribution in [0.4, 0.5) is 4.79 Å². The first-order valence-corrected chi connectivity index (χ1v) is 8.63. The summed E-state index contributed by atoms with van der Waals surface area (Å²) in [5.74, 6) is -0.366. The van der Waals surface area contributed by atoms with Gasteiger partial charge in [0.05, 0.1) is 13.1 Å². The molecular formula is C20H21N3O3. The molecule has 0 aromatic heterocycles. The van der Waals surface area contributed by atoms with E-state index in [1.165, 1.54) is 10.5 Å². The average molecular weight is 351 g/mol. The van der Waals surface area contributed by atoms with Gasteiger partial charge in [-0.25, -0.2) is 4.79 Å². The highest BCUT2D eigenvalue weighted by atomic mass is 16.2. The maximum absolute atomic E-state index is 12.2. The molecule has 1 aliphatic rings. The third-order valence-electron chi connectivity index (χ3n) is 4.26. The third-order valence-corrected chi connectivity index (χ3v) is 4.26. The molecule has 2 N–H and O–H groups in total. The van der Waals surface area contributed by atoms with E-state index < -0.39 is 0 Å². The molecule has 0 atom stereocenters. The van der Waals surface area contributed by atoms with Gasteiger partial charge in [-0.15, -0.1) is 0 Å². The Kier molecular flexibility index (Phi) is 5.63. The summed E-state index contributed by atoms with van der Waals surface area (Å²) in [6.07, 6.45) is 1.80. The molecule has 1 saturated heterocycles. The van der Waals surface area contributed by atoms with Crippen molar-refractivity contribution < 1.29 is 14.4 Å². The fourth-order valence-electron chi connectivity index (χ4n) is 2.80. The molecule has 1 fully saturated rings. The fourth-order valence-corrected chi connectivity index (χ4v) is 2.80. The van der Waals surface area contributed by atoms with Crippen molar-refractivity contribution in [2.45, 2.75) is 19.4 Å². The molecule has 0 bridgehead atoms. The zero-order valence-corrected chi connectivity index (χ0v) is 14.4. The molecule has 3 rings (SSSR count). The summed E-state index contributed by atoms with van der Waals surface area (Å²) < 4.78 is 0. The van der Waals surface area contributed by atoms with Crippen LogP contribution in [0.15, 0.2) is 54.6 Å². The Labute approximate surface area is 152 Å². The van der Waals surface area contributed by atoms with Crippen LogP contribution in [0.25, 0.3) is 0 Å². The van der Waals surface area contributed by atoms with Crippen molar-refractivity contribution in [3.8, 4) is 0 Å². The van der Waals surface area contributed by atoms with E-state index in [2.05, 4.69) is 22.8 Å². The Morgan fingerprint density at radius 2 is 1.73 bits per heavy atom. The lowest BCUT2D eigenvalue weighted by Crippen LogP contribution is -2.30. The molecule has 1 aliphatic heterocycles. The van der Waals surface area contributed by atoms with Gasteiger partial charge < -0.3 is 10.6 Å². The maximum Gasteiger partial charge on any atom is 0.324 e. The summed E-state index contributed by atoms with van der Waals surface area (Å²) in [5, 5.41) is 5.39. The van der Waals surface area contributed by atoms with Gasteiger partial charge in [-0.3, -0.25) is 14.5 Å². The number of carbonyl (C=O) groups excluding carboxylic acids is 3. The summed E-state index contributed by atoms with van der Waals surface area (Å²) in [4.78, 5) is 36.5. The fraction of sp³-hybridized carbons (Fsp3) is 0.250. The van der Waals surface area contributed by atoms with Gasteiger partial charge in [0.2, 0.25) is 5.91 Å². The predicted molar refractivity (Wildman–Crippen MR) is 97.5 cm³/mol. The van der Waals surface area contributed by atoms with Crippen molar-refractivity contribution in [3.63, 3.8) is 0 Å². The first-order valence-electron chi connectivity index (χ1n) is 8.63. The van der Waals surface area contributed by atoms with E-state index in [0.717, 1.165) is 18.4 Å². The Morgan fingerprint density at radius 3 is 2.38 bits per heavy atom. The molecule has 2 aromatic carbocycles. The van der Waals surface area contributed by atoms with Crippen LogP contribution >= 0.6 is 0 Å². The van der Waals surface area contributed by atoms with Crippen LogP contribution in [0.5, 0.6) is 0 Å². The molecule has 0 aliphatic carbocycles. The summed E-state index contributed by atoms with van der Waals surface area (Å²) in [7, 11) is 0. The number of hydrogen-bond donors (Lipinski definition) is 2. The number of imide groups is 1. The monoisotopic (exact) mass is 351 g/mol. The second-order valence-electron chi connectivity index (χ2n) is 6.18. The molecule has 1 heterocycles. The number of amides is 4. The molecule has 6 heteroatoms. The first kappa shape index (κ1) is 17.7. The third kappa shape index (κ3) is 4.47. The van der Waals surface area contributed by atoms with Crippen LogP contribution in [-0.2, 0) is 17.8 Å². The number of nitrogens with zero attached hydrogens (tertiary/aromatic N) is 1. The summed E-state index contributed by atoms with van der Waals surface area (Å²) in [6, 6.07) is 16.7. The number of benzene rings is 2. The highest BCUT2D eigenvalue weighted by Gasteiger charge is 2.28. The van der Waals surface area contributed by atoms with Crippen LogP contribution in [0.2, 0.25) is 0 Å². The van der Waals surface area contributed by atoms with E-state index in [4.69, 9.17) is 0 Å². The summed E-state index contributed by atoms with van der Waals surface area (Å²) in [6.45, 7) is 0.865. The number of nitrogens with one attached hydrogen (secondary N) is 2. The van der Waals surface area contributed by atoms with Crippen LogP contribution in [0.1, 0.15) is 27.9 Å². The highest BCUT2D eigenvalue weighted by molar-refractivity contribution is 6.01. The number of hydrogen-bond acceptors (Lipinski definition) is 3. The lowest BCUT2D eigenvalue weighted by Gasteiger charge is -2.12. The van der Waals surface area contributed by atoms with Gasteiger partial charge in [0, 0.05) is 12.1 Å². The standard InChI is InChI=1S/C20H21N3O3/c24-18-13-22-20(26)23(18)14-16-8-10-17(11-9-16)19(25)21-12-4-7-15-5-2-1-3-6-15/h1-3,5-6,8-11H,4,7,12-14H2,(H,21,25)(H,22,26). The van der Waals surface area contributed by atoms with Gasteiger partial charge in [-0.05, 0) is 36.1 Å². The molecule has 0 saturated carbocycles. The Morgan fingerprint density at radius 1 is 1.00 bits per heavy atom. The van der Waals surface area contributed by atoms with Gasteiger partial charge in [0.25, 0.3) is 5.91 Å². The largest absolute Gasteiger partial charge is 0.352 e. The van der Waals surface area contributed by atoms with Crippen LogP contribution in [0.3, 0.4) is 0 Å². The van der Waals surface area contributed by atoms with E-state index in [-0.39, 0.29) is 30.9 Å². The number of rotatable bonds is 7. The quantitative estimate of drug-likeness (QED) is 0.592. The van der Waals surface area contributed by atoms with E-state index in [1.54, 1.807) is 24.3 Å². The summed E-state index contributed by atoms with van der Waals surface area (Å²) >= 11 is 0. The molecular weight excluding hydrogens is 330 g/mol. The van der Waals surface area contributed by atoms with Gasteiger partial charge in [0.1, 0.15) is 0 Å². The van der Waals surface area contributed by atoms with E-state index in [9.17, 15) is 14.4 Å². The number of aryl methyl sites for hydroxylation is 1. The molecule has 0 radical (unpaired) electrons. The van der Waals surface area contributed by atoms with Crippen molar-refractivity contribution >= 4 is 17.8 Å².